The number of carbonyl (C=O) groups is 1. The van der Waals surface area contributed by atoms with Gasteiger partial charge in [0.15, 0.2) is 0 Å². The van der Waals surface area contributed by atoms with Crippen LogP contribution in [-0.2, 0) is 16.1 Å². The molecule has 5 nitrogen and oxygen atoms in total. The van der Waals surface area contributed by atoms with Crippen LogP contribution in [0.1, 0.15) is 5.56 Å². The molecule has 0 spiro atoms. The van der Waals surface area contributed by atoms with E-state index in [1.165, 1.54) is 18.7 Å². The molecule has 2 N–H and O–H groups in total. The van der Waals surface area contributed by atoms with Gasteiger partial charge in [0.25, 0.3) is 0 Å². The number of rotatable bonds is 2. The van der Waals surface area contributed by atoms with Gasteiger partial charge in [-0.25, -0.2) is 9.97 Å². The quantitative estimate of drug-likeness (QED) is 0.576. The van der Waals surface area contributed by atoms with Crippen molar-refractivity contribution < 1.29 is 9.63 Å². The first-order valence-corrected chi connectivity index (χ1v) is 2.96. The lowest BCUT2D eigenvalue weighted by Gasteiger charge is -1.95. The van der Waals surface area contributed by atoms with E-state index in [4.69, 9.17) is 0 Å². The van der Waals surface area contributed by atoms with Gasteiger partial charge in [0.1, 0.15) is 6.33 Å². The van der Waals surface area contributed by atoms with Crippen LogP contribution in [0.5, 0.6) is 0 Å². The van der Waals surface area contributed by atoms with Gasteiger partial charge in [-0.2, -0.15) is 5.90 Å². The lowest BCUT2D eigenvalue weighted by atomic mass is 10.2. The molecule has 0 aliphatic heterocycles. The van der Waals surface area contributed by atoms with Gasteiger partial charge in [-0.1, -0.05) is 0 Å². The summed E-state index contributed by atoms with van der Waals surface area (Å²) in [5.74, 6) is 4.13. The fourth-order valence-electron chi connectivity index (χ4n) is 0.630. The molecule has 5 heteroatoms. The van der Waals surface area contributed by atoms with Crippen LogP contribution in [0.4, 0.5) is 0 Å². The summed E-state index contributed by atoms with van der Waals surface area (Å²) < 4.78 is 0. The van der Waals surface area contributed by atoms with Gasteiger partial charge in [0.2, 0.25) is 0 Å². The highest BCUT2D eigenvalue weighted by Gasteiger charge is 2.02. The molecule has 58 valence electrons. The maximum Gasteiger partial charge on any atom is 0.328 e. The van der Waals surface area contributed by atoms with Gasteiger partial charge in [0.05, 0.1) is 6.42 Å². The molecule has 1 aromatic rings. The van der Waals surface area contributed by atoms with Crippen molar-refractivity contribution in [3.63, 3.8) is 0 Å². The fraction of sp³-hybridized carbons (Fsp3) is 0.167. The second kappa shape index (κ2) is 3.62. The molecule has 0 aliphatic carbocycles. The monoisotopic (exact) mass is 153 g/mol. The minimum Gasteiger partial charge on any atom is -0.373 e. The summed E-state index contributed by atoms with van der Waals surface area (Å²) >= 11 is 0. The molecule has 0 aliphatic rings. The molecule has 1 aromatic heterocycles. The summed E-state index contributed by atoms with van der Waals surface area (Å²) in [6.45, 7) is 0. The van der Waals surface area contributed by atoms with Gasteiger partial charge in [0, 0.05) is 12.4 Å². The van der Waals surface area contributed by atoms with E-state index in [2.05, 4.69) is 20.7 Å². The summed E-state index contributed by atoms with van der Waals surface area (Å²) in [6.07, 6.45) is 4.56. The van der Waals surface area contributed by atoms with Crippen molar-refractivity contribution in [3.8, 4) is 0 Å². The van der Waals surface area contributed by atoms with Gasteiger partial charge in [-0.05, 0) is 5.56 Å². The van der Waals surface area contributed by atoms with E-state index in [0.29, 0.717) is 5.56 Å². The zero-order valence-corrected chi connectivity index (χ0v) is 5.73. The molecular weight excluding hydrogens is 146 g/mol. The van der Waals surface area contributed by atoms with Crippen molar-refractivity contribution in [3.05, 3.63) is 24.3 Å². The fourth-order valence-corrected chi connectivity index (χ4v) is 0.630. The first-order chi connectivity index (χ1) is 5.33. The molecule has 0 unspecified atom stereocenters. The Hall–Kier alpha value is -1.49. The first-order valence-electron chi connectivity index (χ1n) is 2.96. The van der Waals surface area contributed by atoms with Crippen LogP contribution in [0.15, 0.2) is 18.7 Å². The van der Waals surface area contributed by atoms with E-state index in [1.807, 2.05) is 0 Å². The average Bonchev–Trinajstić information content (AvgIpc) is 2.06. The normalized spacial score (nSPS) is 9.18. The van der Waals surface area contributed by atoms with E-state index in [0.717, 1.165) is 0 Å². The molecule has 0 amide bonds. The Morgan fingerprint density at radius 3 is 2.73 bits per heavy atom. The molecule has 1 heterocycles. The zero-order chi connectivity index (χ0) is 8.10. The number of hydrogen-bond acceptors (Lipinski definition) is 5. The predicted molar refractivity (Wildman–Crippen MR) is 36.0 cm³/mol. The Kier molecular flexibility index (Phi) is 2.51. The maximum atomic E-state index is 10.6. The smallest absolute Gasteiger partial charge is 0.328 e. The average molecular weight is 153 g/mol. The van der Waals surface area contributed by atoms with Crippen molar-refractivity contribution in [2.24, 2.45) is 5.90 Å². The molecule has 0 radical (unpaired) electrons. The number of aromatic nitrogens is 2. The number of carbonyl (C=O) groups excluding carboxylic acids is 1. The molecule has 0 aromatic carbocycles. The van der Waals surface area contributed by atoms with E-state index in [-0.39, 0.29) is 6.42 Å². The summed E-state index contributed by atoms with van der Waals surface area (Å²) in [6, 6.07) is 0. The molecule has 0 saturated heterocycles. The van der Waals surface area contributed by atoms with E-state index in [9.17, 15) is 4.79 Å². The van der Waals surface area contributed by atoms with Crippen molar-refractivity contribution in [2.45, 2.75) is 6.42 Å². The molecule has 0 atom stereocenters. The number of nitrogens with zero attached hydrogens (tertiary/aromatic N) is 2. The van der Waals surface area contributed by atoms with Crippen molar-refractivity contribution in [1.29, 1.82) is 0 Å². The number of nitrogens with two attached hydrogens (primary N) is 1. The van der Waals surface area contributed by atoms with Crippen LogP contribution >= 0.6 is 0 Å². The van der Waals surface area contributed by atoms with Crippen LogP contribution < -0.4 is 5.90 Å². The summed E-state index contributed by atoms with van der Waals surface area (Å²) in [4.78, 5) is 22.0. The van der Waals surface area contributed by atoms with Crippen LogP contribution in [0.25, 0.3) is 0 Å². The van der Waals surface area contributed by atoms with Gasteiger partial charge >= 0.3 is 5.97 Å². The summed E-state index contributed by atoms with van der Waals surface area (Å²) in [5, 5.41) is 0. The van der Waals surface area contributed by atoms with Crippen LogP contribution in [0.3, 0.4) is 0 Å². The van der Waals surface area contributed by atoms with Gasteiger partial charge in [-0.3, -0.25) is 4.79 Å². The van der Waals surface area contributed by atoms with Crippen LogP contribution in [0.2, 0.25) is 0 Å². The lowest BCUT2D eigenvalue weighted by molar-refractivity contribution is -0.143. The zero-order valence-electron chi connectivity index (χ0n) is 5.73. The number of hydrogen-bond donors (Lipinski definition) is 1. The Bertz CT molecular complexity index is 237. The van der Waals surface area contributed by atoms with Gasteiger partial charge in [-0.15, -0.1) is 0 Å². The highest BCUT2D eigenvalue weighted by atomic mass is 16.7. The summed E-state index contributed by atoms with van der Waals surface area (Å²) in [7, 11) is 0. The van der Waals surface area contributed by atoms with Crippen LogP contribution in [-0.4, -0.2) is 15.9 Å². The largest absolute Gasteiger partial charge is 0.373 e. The lowest BCUT2D eigenvalue weighted by Crippen LogP contribution is -2.12. The minimum absolute atomic E-state index is 0.108. The van der Waals surface area contributed by atoms with E-state index < -0.39 is 5.97 Å². The van der Waals surface area contributed by atoms with Gasteiger partial charge < -0.3 is 4.84 Å². The Labute approximate surface area is 63.2 Å². The molecule has 0 fully saturated rings. The van der Waals surface area contributed by atoms with E-state index >= 15 is 0 Å². The van der Waals surface area contributed by atoms with Crippen molar-refractivity contribution in [2.75, 3.05) is 0 Å². The Morgan fingerprint density at radius 1 is 1.55 bits per heavy atom. The highest BCUT2D eigenvalue weighted by molar-refractivity contribution is 5.71. The predicted octanol–water partition coefficient (Wildman–Crippen LogP) is -0.564. The molecular formula is C6H7N3O2. The molecule has 0 saturated carbocycles. The Balaban J connectivity index is 2.58. The SMILES string of the molecule is NOC(=O)Cc1cncnc1. The third kappa shape index (κ3) is 2.30. The van der Waals surface area contributed by atoms with Crippen molar-refractivity contribution >= 4 is 5.97 Å². The van der Waals surface area contributed by atoms with E-state index in [1.54, 1.807) is 0 Å². The molecule has 0 bridgehead atoms. The Morgan fingerprint density at radius 2 is 2.18 bits per heavy atom. The topological polar surface area (TPSA) is 78.1 Å². The molecule has 1 rings (SSSR count). The maximum absolute atomic E-state index is 10.6. The third-order valence-electron chi connectivity index (χ3n) is 1.09. The van der Waals surface area contributed by atoms with Crippen LogP contribution in [0, 0.1) is 0 Å². The minimum atomic E-state index is -0.500. The third-order valence-corrected chi connectivity index (χ3v) is 1.09. The molecule has 11 heavy (non-hydrogen) atoms. The second-order valence-corrected chi connectivity index (χ2v) is 1.91. The summed E-state index contributed by atoms with van der Waals surface area (Å²) in [5.41, 5.74) is 0.683. The van der Waals surface area contributed by atoms with Crippen molar-refractivity contribution in [1.82, 2.24) is 9.97 Å². The first kappa shape index (κ1) is 7.62. The standard InChI is InChI=1S/C6H7N3O2/c7-11-6(10)1-5-2-8-4-9-3-5/h2-4H,1,7H2. The second-order valence-electron chi connectivity index (χ2n) is 1.91. The highest BCUT2D eigenvalue weighted by Crippen LogP contribution is 1.94.